The Morgan fingerprint density at radius 3 is 2.64 bits per heavy atom. The standard InChI is InChI=1S/C21H35N3O4/c1-5-22-20(24-16-21(26-4)8-10-27-11-9-21)23-15-18-7-6-17(2)14-19(18)28-13-12-25-3/h6-7,14H,5,8-13,15-16H2,1-4H3,(H2,22,23,24). The quantitative estimate of drug-likeness (QED) is 0.361. The third-order valence-electron chi connectivity index (χ3n) is 4.93. The molecule has 0 atom stereocenters. The van der Waals surface area contributed by atoms with Crippen molar-refractivity contribution in [3.63, 3.8) is 0 Å². The average Bonchev–Trinajstić information content (AvgIpc) is 2.72. The first kappa shape index (κ1) is 22.5. The predicted octanol–water partition coefficient (Wildman–Crippen LogP) is 2.27. The molecular formula is C21H35N3O4. The molecule has 1 fully saturated rings. The van der Waals surface area contributed by atoms with Crippen molar-refractivity contribution >= 4 is 5.96 Å². The molecule has 0 unspecified atom stereocenters. The van der Waals surface area contributed by atoms with Gasteiger partial charge < -0.3 is 29.6 Å². The summed E-state index contributed by atoms with van der Waals surface area (Å²) in [5.41, 5.74) is 2.00. The predicted molar refractivity (Wildman–Crippen MR) is 111 cm³/mol. The molecule has 28 heavy (non-hydrogen) atoms. The lowest BCUT2D eigenvalue weighted by molar-refractivity contribution is -0.0855. The zero-order chi connectivity index (χ0) is 20.2. The molecule has 0 spiro atoms. The Kier molecular flexibility index (Phi) is 9.54. The third-order valence-corrected chi connectivity index (χ3v) is 4.93. The minimum atomic E-state index is -0.202. The van der Waals surface area contributed by atoms with Crippen molar-refractivity contribution in [1.29, 1.82) is 0 Å². The van der Waals surface area contributed by atoms with Crippen molar-refractivity contribution in [1.82, 2.24) is 10.6 Å². The maximum Gasteiger partial charge on any atom is 0.191 e. The number of hydrogen-bond donors (Lipinski definition) is 2. The van der Waals surface area contributed by atoms with Gasteiger partial charge in [0, 0.05) is 58.9 Å². The number of methoxy groups -OCH3 is 2. The normalized spacial score (nSPS) is 16.6. The third kappa shape index (κ3) is 6.96. The van der Waals surface area contributed by atoms with E-state index in [4.69, 9.17) is 23.9 Å². The molecule has 1 saturated heterocycles. The van der Waals surface area contributed by atoms with Gasteiger partial charge in [0.2, 0.25) is 0 Å². The van der Waals surface area contributed by atoms with Gasteiger partial charge in [-0.3, -0.25) is 0 Å². The zero-order valence-corrected chi connectivity index (χ0v) is 17.7. The second-order valence-corrected chi connectivity index (χ2v) is 7.00. The molecule has 0 bridgehead atoms. The van der Waals surface area contributed by atoms with E-state index >= 15 is 0 Å². The van der Waals surface area contributed by atoms with Gasteiger partial charge in [-0.2, -0.15) is 0 Å². The molecule has 1 aliphatic heterocycles. The molecule has 2 rings (SSSR count). The van der Waals surface area contributed by atoms with Crippen LogP contribution in [0.25, 0.3) is 0 Å². The Labute approximate surface area is 168 Å². The van der Waals surface area contributed by atoms with Crippen LogP contribution in [0.2, 0.25) is 0 Å². The van der Waals surface area contributed by atoms with Crippen LogP contribution in [-0.4, -0.2) is 65.3 Å². The van der Waals surface area contributed by atoms with Crippen LogP contribution in [0.5, 0.6) is 5.75 Å². The van der Waals surface area contributed by atoms with Crippen LogP contribution in [0.3, 0.4) is 0 Å². The molecule has 158 valence electrons. The summed E-state index contributed by atoms with van der Waals surface area (Å²) in [6.45, 7) is 8.67. The summed E-state index contributed by atoms with van der Waals surface area (Å²) < 4.78 is 22.2. The Morgan fingerprint density at radius 1 is 1.18 bits per heavy atom. The molecule has 1 heterocycles. The topological polar surface area (TPSA) is 73.3 Å². The van der Waals surface area contributed by atoms with Crippen molar-refractivity contribution < 1.29 is 18.9 Å². The van der Waals surface area contributed by atoms with Crippen molar-refractivity contribution in [3.05, 3.63) is 29.3 Å². The summed E-state index contributed by atoms with van der Waals surface area (Å²) in [4.78, 5) is 4.75. The number of guanidine groups is 1. The molecule has 2 N–H and O–H groups in total. The van der Waals surface area contributed by atoms with Crippen molar-refractivity contribution in [2.75, 3.05) is 53.7 Å². The van der Waals surface area contributed by atoms with Crippen LogP contribution in [-0.2, 0) is 20.8 Å². The molecule has 7 heteroatoms. The molecule has 0 saturated carbocycles. The van der Waals surface area contributed by atoms with Gasteiger partial charge in [0.1, 0.15) is 12.4 Å². The first-order chi connectivity index (χ1) is 13.6. The first-order valence-electron chi connectivity index (χ1n) is 9.99. The van der Waals surface area contributed by atoms with Gasteiger partial charge in [-0.15, -0.1) is 0 Å². The molecule has 0 amide bonds. The van der Waals surface area contributed by atoms with Crippen molar-refractivity contribution in [2.45, 2.75) is 38.8 Å². The highest BCUT2D eigenvalue weighted by Crippen LogP contribution is 2.24. The van der Waals surface area contributed by atoms with E-state index in [0.29, 0.717) is 26.3 Å². The number of hydrogen-bond acceptors (Lipinski definition) is 5. The molecule has 7 nitrogen and oxygen atoms in total. The maximum atomic E-state index is 5.87. The summed E-state index contributed by atoms with van der Waals surface area (Å²) >= 11 is 0. The van der Waals surface area contributed by atoms with Gasteiger partial charge in [-0.25, -0.2) is 4.99 Å². The van der Waals surface area contributed by atoms with Gasteiger partial charge in [0.25, 0.3) is 0 Å². The molecule has 0 aliphatic carbocycles. The molecule has 0 radical (unpaired) electrons. The SMILES string of the molecule is CCNC(=NCc1ccc(C)cc1OCCOC)NCC1(OC)CCOCC1. The van der Waals surface area contributed by atoms with Crippen LogP contribution in [0.1, 0.15) is 30.9 Å². The van der Waals surface area contributed by atoms with E-state index in [0.717, 1.165) is 55.4 Å². The minimum Gasteiger partial charge on any atom is -0.491 e. The first-order valence-corrected chi connectivity index (χ1v) is 9.99. The fraction of sp³-hybridized carbons (Fsp3) is 0.667. The highest BCUT2D eigenvalue weighted by atomic mass is 16.5. The number of nitrogens with zero attached hydrogens (tertiary/aromatic N) is 1. The average molecular weight is 394 g/mol. The molecule has 1 aromatic carbocycles. The van der Waals surface area contributed by atoms with Crippen molar-refractivity contribution in [3.8, 4) is 5.75 Å². The van der Waals surface area contributed by atoms with Crippen LogP contribution in [0.15, 0.2) is 23.2 Å². The molecule has 0 aromatic heterocycles. The van der Waals surface area contributed by atoms with Crippen LogP contribution >= 0.6 is 0 Å². The highest BCUT2D eigenvalue weighted by molar-refractivity contribution is 5.79. The van der Waals surface area contributed by atoms with Crippen molar-refractivity contribution in [2.24, 2.45) is 4.99 Å². The van der Waals surface area contributed by atoms with Gasteiger partial charge in [0.15, 0.2) is 5.96 Å². The summed E-state index contributed by atoms with van der Waals surface area (Å²) in [6, 6.07) is 6.19. The fourth-order valence-corrected chi connectivity index (χ4v) is 3.11. The lowest BCUT2D eigenvalue weighted by Crippen LogP contribution is -2.50. The number of ether oxygens (including phenoxy) is 4. The Bertz CT molecular complexity index is 616. The van der Waals surface area contributed by atoms with Gasteiger partial charge in [0.05, 0.1) is 18.8 Å². The van der Waals surface area contributed by atoms with Gasteiger partial charge >= 0.3 is 0 Å². The number of rotatable bonds is 10. The summed E-state index contributed by atoms with van der Waals surface area (Å²) in [5.74, 6) is 1.63. The lowest BCUT2D eigenvalue weighted by Gasteiger charge is -2.36. The van der Waals surface area contributed by atoms with E-state index in [1.54, 1.807) is 14.2 Å². The second-order valence-electron chi connectivity index (χ2n) is 7.00. The van der Waals surface area contributed by atoms with E-state index in [1.807, 2.05) is 6.07 Å². The van der Waals surface area contributed by atoms with Crippen LogP contribution < -0.4 is 15.4 Å². The number of aryl methyl sites for hydroxylation is 1. The largest absolute Gasteiger partial charge is 0.491 e. The van der Waals surface area contributed by atoms with E-state index in [9.17, 15) is 0 Å². The van der Waals surface area contributed by atoms with E-state index in [2.05, 4.69) is 36.6 Å². The monoisotopic (exact) mass is 393 g/mol. The molecular weight excluding hydrogens is 358 g/mol. The summed E-state index contributed by atoms with van der Waals surface area (Å²) in [6.07, 6.45) is 1.76. The minimum absolute atomic E-state index is 0.202. The van der Waals surface area contributed by atoms with E-state index < -0.39 is 0 Å². The Morgan fingerprint density at radius 2 is 1.96 bits per heavy atom. The lowest BCUT2D eigenvalue weighted by atomic mass is 9.94. The summed E-state index contributed by atoms with van der Waals surface area (Å²) in [5, 5.41) is 6.74. The van der Waals surface area contributed by atoms with E-state index in [-0.39, 0.29) is 5.60 Å². The fourth-order valence-electron chi connectivity index (χ4n) is 3.11. The Hall–Kier alpha value is -1.83. The second kappa shape index (κ2) is 11.9. The Balaban J connectivity index is 2.03. The molecule has 1 aliphatic rings. The smallest absolute Gasteiger partial charge is 0.191 e. The molecule has 1 aromatic rings. The number of benzene rings is 1. The maximum absolute atomic E-state index is 5.87. The van der Waals surface area contributed by atoms with Crippen LogP contribution in [0.4, 0.5) is 0 Å². The summed E-state index contributed by atoms with van der Waals surface area (Å²) in [7, 11) is 3.44. The zero-order valence-electron chi connectivity index (χ0n) is 17.7. The van der Waals surface area contributed by atoms with Crippen LogP contribution in [0, 0.1) is 6.92 Å². The van der Waals surface area contributed by atoms with E-state index in [1.165, 1.54) is 0 Å². The van der Waals surface area contributed by atoms with Gasteiger partial charge in [-0.1, -0.05) is 12.1 Å². The number of aliphatic imine (C=N–C) groups is 1. The van der Waals surface area contributed by atoms with Gasteiger partial charge in [-0.05, 0) is 25.5 Å². The highest BCUT2D eigenvalue weighted by Gasteiger charge is 2.32. The number of nitrogens with one attached hydrogen (secondary N) is 2.